The molecular formula is C27H28N4O. The van der Waals surface area contributed by atoms with E-state index in [-0.39, 0.29) is 11.9 Å². The summed E-state index contributed by atoms with van der Waals surface area (Å²) < 4.78 is 0. The topological polar surface area (TPSA) is 66.9 Å². The van der Waals surface area contributed by atoms with Crippen LogP contribution in [0, 0.1) is 0 Å². The van der Waals surface area contributed by atoms with Gasteiger partial charge in [-0.2, -0.15) is 0 Å². The monoisotopic (exact) mass is 424 g/mol. The molecule has 1 saturated carbocycles. The van der Waals surface area contributed by atoms with Gasteiger partial charge in [0.2, 0.25) is 0 Å². The Labute approximate surface area is 189 Å². The largest absolute Gasteiger partial charge is 0.359 e. The van der Waals surface area contributed by atoms with Crippen LogP contribution < -0.4 is 10.6 Å². The van der Waals surface area contributed by atoms with Crippen molar-refractivity contribution < 1.29 is 4.79 Å². The normalized spacial score (nSPS) is 18.2. The fourth-order valence-corrected chi connectivity index (χ4v) is 3.76. The highest BCUT2D eigenvalue weighted by molar-refractivity contribution is 5.96. The molecule has 1 aromatic heterocycles. The lowest BCUT2D eigenvalue weighted by Gasteiger charge is -2.10. The number of hydrogen-bond acceptors (Lipinski definition) is 4. The third-order valence-corrected chi connectivity index (χ3v) is 5.44. The molecule has 3 aromatic rings. The van der Waals surface area contributed by atoms with E-state index in [2.05, 4.69) is 32.7 Å². The highest BCUT2D eigenvalue weighted by Crippen LogP contribution is 2.40. The van der Waals surface area contributed by atoms with Gasteiger partial charge >= 0.3 is 0 Å². The highest BCUT2D eigenvalue weighted by Gasteiger charge is 2.39. The van der Waals surface area contributed by atoms with Gasteiger partial charge in [0, 0.05) is 46.9 Å². The van der Waals surface area contributed by atoms with Gasteiger partial charge in [0.1, 0.15) is 0 Å². The Bertz CT molecular complexity index is 1110. The van der Waals surface area contributed by atoms with Crippen molar-refractivity contribution in [1.29, 1.82) is 0 Å². The summed E-state index contributed by atoms with van der Waals surface area (Å²) in [6.45, 7) is 4.01. The summed E-state index contributed by atoms with van der Waals surface area (Å²) in [5, 5.41) is 6.56. The molecule has 1 aliphatic rings. The molecule has 1 fully saturated rings. The molecule has 2 aromatic carbocycles. The van der Waals surface area contributed by atoms with Crippen LogP contribution in [0.3, 0.4) is 0 Å². The molecule has 0 saturated heterocycles. The van der Waals surface area contributed by atoms with Gasteiger partial charge in [0.05, 0.1) is 0 Å². The van der Waals surface area contributed by atoms with Crippen LogP contribution in [0.2, 0.25) is 0 Å². The Morgan fingerprint density at radius 1 is 1.03 bits per heavy atom. The van der Waals surface area contributed by atoms with Gasteiger partial charge in [0.25, 0.3) is 5.91 Å². The van der Waals surface area contributed by atoms with E-state index in [1.54, 1.807) is 18.5 Å². The minimum Gasteiger partial charge on any atom is -0.359 e. The van der Waals surface area contributed by atoms with E-state index in [1.807, 2.05) is 68.5 Å². The molecule has 2 N–H and O–H groups in total. The maximum Gasteiger partial charge on any atom is 0.251 e. The second kappa shape index (κ2) is 10.1. The van der Waals surface area contributed by atoms with Crippen molar-refractivity contribution >= 4 is 11.6 Å². The van der Waals surface area contributed by atoms with Gasteiger partial charge in [-0.25, -0.2) is 9.97 Å². The van der Waals surface area contributed by atoms with Crippen LogP contribution in [-0.4, -0.2) is 21.9 Å². The van der Waals surface area contributed by atoms with Crippen molar-refractivity contribution in [2.45, 2.75) is 38.6 Å². The minimum atomic E-state index is -0.0204. The number of hydrogen-bond donors (Lipinski definition) is 2. The number of anilines is 1. The van der Waals surface area contributed by atoms with Crippen molar-refractivity contribution in [3.8, 4) is 11.4 Å². The molecule has 0 bridgehead atoms. The predicted molar refractivity (Wildman–Crippen MR) is 129 cm³/mol. The van der Waals surface area contributed by atoms with Gasteiger partial charge < -0.3 is 10.6 Å². The van der Waals surface area contributed by atoms with E-state index in [0.29, 0.717) is 17.3 Å². The van der Waals surface area contributed by atoms with E-state index in [9.17, 15) is 4.79 Å². The summed E-state index contributed by atoms with van der Waals surface area (Å²) in [6, 6.07) is 20.3. The minimum absolute atomic E-state index is 0.0204. The Hall–Kier alpha value is -3.73. The zero-order valence-corrected chi connectivity index (χ0v) is 18.5. The Morgan fingerprint density at radius 2 is 1.75 bits per heavy atom. The van der Waals surface area contributed by atoms with Crippen LogP contribution in [0.25, 0.3) is 11.4 Å². The van der Waals surface area contributed by atoms with E-state index in [1.165, 1.54) is 5.56 Å². The molecule has 1 heterocycles. The maximum atomic E-state index is 12.9. The van der Waals surface area contributed by atoms with Crippen LogP contribution in [0.1, 0.15) is 38.2 Å². The molecule has 5 nitrogen and oxygen atoms in total. The molecule has 2 unspecified atom stereocenters. The Kier molecular flexibility index (Phi) is 6.75. The summed E-state index contributed by atoms with van der Waals surface area (Å²) in [7, 11) is 0. The number of benzene rings is 2. The molecule has 1 aliphatic carbocycles. The highest BCUT2D eigenvalue weighted by atomic mass is 16.1. The summed E-state index contributed by atoms with van der Waals surface area (Å²) in [4.78, 5) is 21.4. The summed E-state index contributed by atoms with van der Waals surface area (Å²) in [6.07, 6.45) is 9.14. The van der Waals surface area contributed by atoms with Gasteiger partial charge in [-0.05, 0) is 61.7 Å². The molecule has 0 spiro atoms. The van der Waals surface area contributed by atoms with Crippen LogP contribution in [0.15, 0.2) is 96.5 Å². The smallest absolute Gasteiger partial charge is 0.251 e. The third kappa shape index (κ3) is 5.49. The summed E-state index contributed by atoms with van der Waals surface area (Å²) >= 11 is 0. The second-order valence-electron chi connectivity index (χ2n) is 8.00. The van der Waals surface area contributed by atoms with Crippen molar-refractivity contribution in [2.75, 3.05) is 5.32 Å². The number of nitrogens with one attached hydrogen (secondary N) is 2. The number of nitrogens with zero attached hydrogens (tertiary/aromatic N) is 2. The van der Waals surface area contributed by atoms with Gasteiger partial charge in [0.15, 0.2) is 5.82 Å². The molecule has 2 atom stereocenters. The van der Waals surface area contributed by atoms with Crippen LogP contribution in [0.4, 0.5) is 5.69 Å². The van der Waals surface area contributed by atoms with E-state index in [4.69, 9.17) is 0 Å². The lowest BCUT2D eigenvalue weighted by Crippen LogP contribution is -2.27. The first-order valence-corrected chi connectivity index (χ1v) is 11.0. The fraction of sp³-hybridized carbons (Fsp3) is 0.222. The molecule has 1 amide bonds. The van der Waals surface area contributed by atoms with Crippen LogP contribution in [0.5, 0.6) is 0 Å². The molecule has 32 heavy (non-hydrogen) atoms. The van der Waals surface area contributed by atoms with Crippen LogP contribution in [-0.2, 0) is 4.79 Å². The quantitative estimate of drug-likeness (QED) is 0.372. The molecule has 5 heteroatoms. The number of aromatic nitrogens is 2. The first-order chi connectivity index (χ1) is 15.6. The summed E-state index contributed by atoms with van der Waals surface area (Å²) in [5.74, 6) is 1.09. The number of allylic oxidation sites excluding steroid dienone is 2. The maximum absolute atomic E-state index is 12.9. The SMILES string of the molecule is CC/C=C(\C=C(/C)Nc1ccc(-c2ncccn2)cc1)C(=O)NC1CC1c1ccccc1. The van der Waals surface area contributed by atoms with E-state index in [0.717, 1.165) is 29.8 Å². The molecule has 4 rings (SSSR count). The molecule has 0 aliphatic heterocycles. The van der Waals surface area contributed by atoms with Crippen molar-refractivity contribution in [1.82, 2.24) is 15.3 Å². The van der Waals surface area contributed by atoms with Crippen molar-refractivity contribution in [3.63, 3.8) is 0 Å². The van der Waals surface area contributed by atoms with Gasteiger partial charge in [-0.15, -0.1) is 0 Å². The number of rotatable bonds is 8. The second-order valence-corrected chi connectivity index (χ2v) is 8.00. The fourth-order valence-electron chi connectivity index (χ4n) is 3.76. The lowest BCUT2D eigenvalue weighted by molar-refractivity contribution is -0.117. The van der Waals surface area contributed by atoms with Gasteiger partial charge in [-0.1, -0.05) is 43.3 Å². The number of carbonyl (C=O) groups excluding carboxylic acids is 1. The van der Waals surface area contributed by atoms with E-state index < -0.39 is 0 Å². The number of carbonyl (C=O) groups is 1. The molecule has 162 valence electrons. The average molecular weight is 425 g/mol. The number of amides is 1. The zero-order valence-electron chi connectivity index (χ0n) is 18.5. The lowest BCUT2D eigenvalue weighted by atomic mass is 10.1. The first-order valence-electron chi connectivity index (χ1n) is 11.0. The Balaban J connectivity index is 1.38. The van der Waals surface area contributed by atoms with E-state index >= 15 is 0 Å². The zero-order chi connectivity index (χ0) is 22.3. The van der Waals surface area contributed by atoms with Crippen molar-refractivity contribution in [3.05, 3.63) is 102 Å². The average Bonchev–Trinajstić information content (AvgIpc) is 3.59. The standard InChI is InChI=1S/C27H28N4O/c1-3-8-22(27(32)31-25-18-24(25)20-9-5-4-6-10-20)17-19(2)30-23-13-11-21(12-14-23)26-28-15-7-16-29-26/h4-17,24-25,30H,3,18H2,1-2H3,(H,31,32)/b19-17+,22-8+. The van der Waals surface area contributed by atoms with Crippen molar-refractivity contribution in [2.24, 2.45) is 0 Å². The molecule has 0 radical (unpaired) electrons. The summed E-state index contributed by atoms with van der Waals surface area (Å²) in [5.41, 5.74) is 4.78. The third-order valence-electron chi connectivity index (χ3n) is 5.44. The van der Waals surface area contributed by atoms with Crippen LogP contribution >= 0.6 is 0 Å². The Morgan fingerprint density at radius 3 is 2.44 bits per heavy atom. The first kappa shape index (κ1) is 21.5. The van der Waals surface area contributed by atoms with Gasteiger partial charge in [-0.3, -0.25) is 4.79 Å². The predicted octanol–water partition coefficient (Wildman–Crippen LogP) is 5.47. The molecular weight excluding hydrogens is 396 g/mol.